The molecule has 0 spiro atoms. The second kappa shape index (κ2) is 11.9. The van der Waals surface area contributed by atoms with Crippen LogP contribution in [0.3, 0.4) is 0 Å². The van der Waals surface area contributed by atoms with Gasteiger partial charge in [-0.2, -0.15) is 0 Å². The van der Waals surface area contributed by atoms with Gasteiger partial charge in [0.2, 0.25) is 5.91 Å². The number of hydrogen-bond acceptors (Lipinski definition) is 3. The first-order valence-corrected chi connectivity index (χ1v) is 8.78. The molecule has 1 fully saturated rings. The van der Waals surface area contributed by atoms with Crippen molar-refractivity contribution in [2.75, 3.05) is 13.1 Å². The van der Waals surface area contributed by atoms with Gasteiger partial charge in [-0.15, -0.1) is 24.8 Å². The molecule has 2 heterocycles. The molecule has 0 saturated carbocycles. The van der Waals surface area contributed by atoms with Crippen molar-refractivity contribution < 1.29 is 4.79 Å². The molecule has 1 aromatic heterocycles. The Hall–Kier alpha value is -1.62. The molecule has 142 valence electrons. The van der Waals surface area contributed by atoms with Crippen molar-refractivity contribution in [3.63, 3.8) is 0 Å². The van der Waals surface area contributed by atoms with E-state index in [9.17, 15) is 4.79 Å². The normalized spacial score (nSPS) is 14.0. The third kappa shape index (κ3) is 6.94. The quantitative estimate of drug-likeness (QED) is 0.777. The van der Waals surface area contributed by atoms with Crippen LogP contribution in [0.2, 0.25) is 0 Å². The average molecular weight is 396 g/mol. The van der Waals surface area contributed by atoms with Crippen LogP contribution in [0.5, 0.6) is 0 Å². The first-order chi connectivity index (χ1) is 11.8. The van der Waals surface area contributed by atoms with E-state index in [1.165, 1.54) is 18.4 Å². The van der Waals surface area contributed by atoms with E-state index in [1.807, 2.05) is 12.1 Å². The van der Waals surface area contributed by atoms with Crippen LogP contribution in [0, 0.1) is 5.92 Å². The Morgan fingerprint density at radius 2 is 1.62 bits per heavy atom. The molecule has 1 aliphatic rings. The Balaban J connectivity index is 0.00000169. The molecule has 3 rings (SSSR count). The minimum Gasteiger partial charge on any atom is -0.352 e. The maximum Gasteiger partial charge on any atom is 0.220 e. The van der Waals surface area contributed by atoms with Gasteiger partial charge < -0.3 is 10.6 Å². The van der Waals surface area contributed by atoms with Gasteiger partial charge in [-0.25, -0.2) is 0 Å². The molecule has 0 radical (unpaired) electrons. The molecule has 0 unspecified atom stereocenters. The summed E-state index contributed by atoms with van der Waals surface area (Å²) in [6.07, 6.45) is 7.64. The van der Waals surface area contributed by atoms with Gasteiger partial charge in [-0.3, -0.25) is 9.78 Å². The highest BCUT2D eigenvalue weighted by atomic mass is 35.5. The summed E-state index contributed by atoms with van der Waals surface area (Å²) in [6.45, 7) is 2.79. The average Bonchev–Trinajstić information content (AvgIpc) is 2.67. The number of nitrogens with one attached hydrogen (secondary N) is 2. The van der Waals surface area contributed by atoms with Gasteiger partial charge >= 0.3 is 0 Å². The molecular formula is C20H27Cl2N3O. The number of piperidine rings is 1. The number of pyridine rings is 1. The molecule has 0 aliphatic carbocycles. The second-order valence-corrected chi connectivity index (χ2v) is 6.44. The summed E-state index contributed by atoms with van der Waals surface area (Å²) < 4.78 is 0. The summed E-state index contributed by atoms with van der Waals surface area (Å²) >= 11 is 0. The number of rotatable bonds is 6. The van der Waals surface area contributed by atoms with Crippen LogP contribution in [0.1, 0.15) is 31.2 Å². The van der Waals surface area contributed by atoms with Crippen molar-refractivity contribution in [1.82, 2.24) is 15.6 Å². The van der Waals surface area contributed by atoms with Crippen molar-refractivity contribution in [1.29, 1.82) is 0 Å². The van der Waals surface area contributed by atoms with Crippen LogP contribution in [0.15, 0.2) is 48.8 Å². The fourth-order valence-corrected chi connectivity index (χ4v) is 3.15. The monoisotopic (exact) mass is 395 g/mol. The minimum absolute atomic E-state index is 0. The van der Waals surface area contributed by atoms with Crippen molar-refractivity contribution in [2.45, 2.75) is 32.2 Å². The Morgan fingerprint density at radius 1 is 1.00 bits per heavy atom. The lowest BCUT2D eigenvalue weighted by atomic mass is 9.93. The zero-order valence-corrected chi connectivity index (χ0v) is 16.5. The first kappa shape index (κ1) is 22.4. The minimum atomic E-state index is 0. The second-order valence-electron chi connectivity index (χ2n) is 6.44. The van der Waals surface area contributed by atoms with E-state index in [2.05, 4.69) is 39.9 Å². The molecule has 4 nitrogen and oxygen atoms in total. The maximum absolute atomic E-state index is 12.0. The zero-order valence-electron chi connectivity index (χ0n) is 14.8. The summed E-state index contributed by atoms with van der Waals surface area (Å²) in [5.74, 6) is 0.864. The number of aromatic nitrogens is 1. The van der Waals surface area contributed by atoms with Crippen molar-refractivity contribution in [2.24, 2.45) is 5.92 Å². The SMILES string of the molecule is Cl.Cl.O=C(CCC1CCNCC1)NCc1ccc(-c2ccncc2)cc1. The Bertz CT molecular complexity index is 644. The Labute approximate surface area is 168 Å². The Morgan fingerprint density at radius 3 is 2.27 bits per heavy atom. The van der Waals surface area contributed by atoms with Crippen LogP contribution in [0.25, 0.3) is 11.1 Å². The van der Waals surface area contributed by atoms with Gasteiger partial charge in [0.25, 0.3) is 0 Å². The van der Waals surface area contributed by atoms with Gasteiger partial charge in [0, 0.05) is 25.4 Å². The number of halogens is 2. The molecule has 2 N–H and O–H groups in total. The van der Waals surface area contributed by atoms with Crippen molar-refractivity contribution in [3.8, 4) is 11.1 Å². The molecule has 2 aromatic rings. The van der Waals surface area contributed by atoms with Gasteiger partial charge in [-0.05, 0) is 67.1 Å². The fraction of sp³-hybridized carbons (Fsp3) is 0.400. The van der Waals surface area contributed by atoms with Crippen LogP contribution < -0.4 is 10.6 Å². The predicted octanol–water partition coefficient (Wildman–Crippen LogP) is 3.99. The Kier molecular flexibility index (Phi) is 10.3. The van der Waals surface area contributed by atoms with E-state index in [0.717, 1.165) is 30.6 Å². The lowest BCUT2D eigenvalue weighted by Gasteiger charge is -2.22. The molecule has 1 saturated heterocycles. The smallest absolute Gasteiger partial charge is 0.220 e. The molecule has 0 atom stereocenters. The zero-order chi connectivity index (χ0) is 16.6. The van der Waals surface area contributed by atoms with Gasteiger partial charge in [-0.1, -0.05) is 24.3 Å². The first-order valence-electron chi connectivity index (χ1n) is 8.78. The summed E-state index contributed by atoms with van der Waals surface area (Å²) in [5.41, 5.74) is 3.45. The molecule has 1 amide bonds. The third-order valence-electron chi connectivity index (χ3n) is 4.70. The maximum atomic E-state index is 12.0. The van der Waals surface area contributed by atoms with E-state index in [-0.39, 0.29) is 30.7 Å². The van der Waals surface area contributed by atoms with Gasteiger partial charge in [0.05, 0.1) is 0 Å². The predicted molar refractivity (Wildman–Crippen MR) is 111 cm³/mol. The van der Waals surface area contributed by atoms with Gasteiger partial charge in [0.1, 0.15) is 0 Å². The van der Waals surface area contributed by atoms with E-state index in [1.54, 1.807) is 12.4 Å². The highest BCUT2D eigenvalue weighted by molar-refractivity contribution is 5.85. The number of amides is 1. The highest BCUT2D eigenvalue weighted by Crippen LogP contribution is 2.19. The van der Waals surface area contributed by atoms with Crippen molar-refractivity contribution >= 4 is 30.7 Å². The molecular weight excluding hydrogens is 369 g/mol. The van der Waals surface area contributed by atoms with Crippen LogP contribution >= 0.6 is 24.8 Å². The summed E-state index contributed by atoms with van der Waals surface area (Å²) in [4.78, 5) is 16.1. The molecule has 1 aliphatic heterocycles. The number of carbonyl (C=O) groups is 1. The number of carbonyl (C=O) groups excluding carboxylic acids is 1. The molecule has 26 heavy (non-hydrogen) atoms. The van der Waals surface area contributed by atoms with Crippen molar-refractivity contribution in [3.05, 3.63) is 54.4 Å². The summed E-state index contributed by atoms with van der Waals surface area (Å²) in [5, 5.41) is 6.39. The topological polar surface area (TPSA) is 54.0 Å². The standard InChI is InChI=1S/C20H25N3O.2ClH/c24-20(6-3-16-7-11-21-12-8-16)23-15-17-1-4-18(5-2-17)19-9-13-22-14-10-19;;/h1-2,4-5,9-10,13-14,16,21H,3,6-8,11-12,15H2,(H,23,24);2*1H. The van der Waals surface area contributed by atoms with Crippen LogP contribution in [-0.4, -0.2) is 24.0 Å². The van der Waals surface area contributed by atoms with Crippen LogP contribution in [-0.2, 0) is 11.3 Å². The molecule has 0 bridgehead atoms. The fourth-order valence-electron chi connectivity index (χ4n) is 3.15. The molecule has 6 heteroatoms. The molecule has 1 aromatic carbocycles. The largest absolute Gasteiger partial charge is 0.352 e. The van der Waals surface area contributed by atoms with Crippen LogP contribution in [0.4, 0.5) is 0 Å². The lowest BCUT2D eigenvalue weighted by Crippen LogP contribution is -2.29. The lowest BCUT2D eigenvalue weighted by molar-refractivity contribution is -0.121. The van der Waals surface area contributed by atoms with E-state index >= 15 is 0 Å². The van der Waals surface area contributed by atoms with E-state index in [4.69, 9.17) is 0 Å². The van der Waals surface area contributed by atoms with Gasteiger partial charge in [0.15, 0.2) is 0 Å². The third-order valence-corrected chi connectivity index (χ3v) is 4.70. The number of benzene rings is 1. The number of hydrogen-bond donors (Lipinski definition) is 2. The number of nitrogens with zero attached hydrogens (tertiary/aromatic N) is 1. The van der Waals surface area contributed by atoms with E-state index in [0.29, 0.717) is 18.9 Å². The highest BCUT2D eigenvalue weighted by Gasteiger charge is 2.14. The van der Waals surface area contributed by atoms with E-state index < -0.39 is 0 Å². The summed E-state index contributed by atoms with van der Waals surface area (Å²) in [6, 6.07) is 12.3. The summed E-state index contributed by atoms with van der Waals surface area (Å²) in [7, 11) is 0.